The molecule has 0 spiro atoms. The number of unbranched alkanes of at least 4 members (excludes halogenated alkanes) is 2. The van der Waals surface area contributed by atoms with Gasteiger partial charge in [-0.2, -0.15) is 0 Å². The summed E-state index contributed by atoms with van der Waals surface area (Å²) in [5.74, 6) is 0. The molecule has 0 amide bonds. The van der Waals surface area contributed by atoms with Gasteiger partial charge in [0, 0.05) is 0 Å². The summed E-state index contributed by atoms with van der Waals surface area (Å²) >= 11 is 10.1. The van der Waals surface area contributed by atoms with Gasteiger partial charge < -0.3 is 5.73 Å². The quantitative estimate of drug-likeness (QED) is 0.421. The zero-order valence-electron chi connectivity index (χ0n) is 5.81. The van der Waals surface area contributed by atoms with Gasteiger partial charge in [0.15, 0.2) is 0 Å². The molecule has 0 rings (SSSR count). The number of rotatable bonds is 5. The van der Waals surface area contributed by atoms with Gasteiger partial charge in [-0.3, -0.25) is 0 Å². The van der Waals surface area contributed by atoms with Gasteiger partial charge in [0.25, 0.3) is 0 Å². The average Bonchev–Trinajstić information content (AvgIpc) is 1.80. The summed E-state index contributed by atoms with van der Waals surface area (Å²) in [7, 11) is 0. The van der Waals surface area contributed by atoms with E-state index in [-0.39, 0.29) is 12.4 Å². The van der Waals surface area contributed by atoms with Crippen LogP contribution in [0.2, 0.25) is 0 Å². The molecule has 2 N–H and O–H groups in total. The van der Waals surface area contributed by atoms with Crippen LogP contribution in [0.5, 0.6) is 0 Å². The molecule has 0 aliphatic rings. The van der Waals surface area contributed by atoms with Crippen LogP contribution in [0.1, 0.15) is 25.7 Å². The minimum absolute atomic E-state index is 0. The molecule has 0 aromatic carbocycles. The molecule has 0 heterocycles. The van der Waals surface area contributed by atoms with Crippen molar-refractivity contribution >= 4 is 40.5 Å². The van der Waals surface area contributed by atoms with E-state index in [2.05, 4.69) is 12.2 Å². The lowest BCUT2D eigenvalue weighted by Crippen LogP contribution is -1.97. The largest absolute Gasteiger partial charge is 0.330 e. The minimum Gasteiger partial charge on any atom is -0.330 e. The van der Waals surface area contributed by atoms with E-state index < -0.39 is 0 Å². The zero-order chi connectivity index (χ0) is 7.11. The Morgan fingerprint density at radius 2 is 1.90 bits per heavy atom. The van der Waals surface area contributed by atoms with E-state index in [1.165, 1.54) is 0 Å². The molecule has 0 saturated heterocycles. The van der Waals surface area contributed by atoms with Gasteiger partial charge in [-0.1, -0.05) is 30.2 Å². The Balaban J connectivity index is 0. The van der Waals surface area contributed by atoms with Crippen LogP contribution in [0.25, 0.3) is 0 Å². The van der Waals surface area contributed by atoms with E-state index in [1.54, 1.807) is 0 Å². The maximum absolute atomic E-state index is 5.46. The van der Waals surface area contributed by atoms with E-state index in [0.717, 1.165) is 32.2 Å². The minimum atomic E-state index is 0. The fourth-order valence-corrected chi connectivity index (χ4v) is 0.863. The van der Waals surface area contributed by atoms with Gasteiger partial charge >= 0.3 is 0 Å². The second kappa shape index (κ2) is 9.63. The lowest BCUT2D eigenvalue weighted by molar-refractivity contribution is 0.709. The maximum atomic E-state index is 5.46. The van der Waals surface area contributed by atoms with Crippen molar-refractivity contribution in [2.75, 3.05) is 6.54 Å². The molecule has 0 aromatic rings. The number of thiocarbonyl (C=S) groups is 1. The zero-order valence-corrected chi connectivity index (χ0v) is 8.20. The summed E-state index contributed by atoms with van der Waals surface area (Å²) in [5, 5.41) is 0. The molecule has 0 aromatic heterocycles. The van der Waals surface area contributed by atoms with Crippen molar-refractivity contribution in [1.29, 1.82) is 0 Å². The van der Waals surface area contributed by atoms with Gasteiger partial charge in [-0.05, 0) is 25.8 Å². The summed E-state index contributed by atoms with van der Waals surface area (Å²) in [5.41, 5.74) is 5.28. The summed E-state index contributed by atoms with van der Waals surface area (Å²) in [6.07, 6.45) is 4.17. The van der Waals surface area contributed by atoms with Gasteiger partial charge in [-0.15, -0.1) is 12.4 Å². The highest BCUT2D eigenvalue weighted by Crippen LogP contribution is 2.02. The SMILES string of the molecule is Cl.NCCCCCC(=S)Cl. The molecule has 0 bridgehead atoms. The summed E-state index contributed by atoms with van der Waals surface area (Å²) in [6, 6.07) is 0. The highest BCUT2D eigenvalue weighted by Gasteiger charge is 1.90. The first-order valence-corrected chi connectivity index (χ1v) is 3.94. The number of halogens is 2. The molecule has 0 aliphatic carbocycles. The first-order valence-electron chi connectivity index (χ1n) is 3.15. The smallest absolute Gasteiger partial charge is 0.0808 e. The van der Waals surface area contributed by atoms with E-state index in [4.69, 9.17) is 17.3 Å². The van der Waals surface area contributed by atoms with Crippen LogP contribution >= 0.6 is 36.2 Å². The Hall–Kier alpha value is 0.630. The lowest BCUT2D eigenvalue weighted by atomic mass is 10.2. The first kappa shape index (κ1) is 13.2. The van der Waals surface area contributed by atoms with Gasteiger partial charge in [-0.25, -0.2) is 0 Å². The van der Waals surface area contributed by atoms with Gasteiger partial charge in [0.05, 0.1) is 4.32 Å². The highest BCUT2D eigenvalue weighted by molar-refractivity contribution is 7.83. The molecule has 0 unspecified atom stereocenters. The molecule has 0 saturated carbocycles. The Morgan fingerprint density at radius 1 is 1.30 bits per heavy atom. The topological polar surface area (TPSA) is 26.0 Å². The van der Waals surface area contributed by atoms with Crippen LogP contribution < -0.4 is 5.73 Å². The van der Waals surface area contributed by atoms with Crippen LogP contribution in [0.15, 0.2) is 0 Å². The molecular formula is C6H13Cl2NS. The molecular weight excluding hydrogens is 189 g/mol. The van der Waals surface area contributed by atoms with Crippen molar-refractivity contribution in [3.63, 3.8) is 0 Å². The highest BCUT2D eigenvalue weighted by atomic mass is 35.5. The fraction of sp³-hybridized carbons (Fsp3) is 0.833. The van der Waals surface area contributed by atoms with Crippen molar-refractivity contribution in [2.24, 2.45) is 5.73 Å². The van der Waals surface area contributed by atoms with Crippen molar-refractivity contribution in [3.8, 4) is 0 Å². The van der Waals surface area contributed by atoms with Gasteiger partial charge in [0.1, 0.15) is 0 Å². The molecule has 0 radical (unpaired) electrons. The maximum Gasteiger partial charge on any atom is 0.0808 e. The van der Waals surface area contributed by atoms with Crippen molar-refractivity contribution in [3.05, 3.63) is 0 Å². The van der Waals surface area contributed by atoms with Crippen LogP contribution in [0, 0.1) is 0 Å². The predicted octanol–water partition coefficient (Wildman–Crippen LogP) is 2.49. The standard InChI is InChI=1S/C6H12ClNS.ClH/c7-6(9)4-2-1-3-5-8;/h1-5,8H2;1H. The Morgan fingerprint density at radius 3 is 2.30 bits per heavy atom. The first-order chi connectivity index (χ1) is 4.27. The van der Waals surface area contributed by atoms with Crippen molar-refractivity contribution < 1.29 is 0 Å². The molecule has 0 atom stereocenters. The Labute approximate surface area is 78.7 Å². The number of hydrogen-bond donors (Lipinski definition) is 1. The lowest BCUT2D eigenvalue weighted by Gasteiger charge is -1.94. The van der Waals surface area contributed by atoms with E-state index in [9.17, 15) is 0 Å². The van der Waals surface area contributed by atoms with E-state index >= 15 is 0 Å². The molecule has 1 nitrogen and oxygen atoms in total. The third kappa shape index (κ3) is 11.4. The predicted molar refractivity (Wildman–Crippen MR) is 53.2 cm³/mol. The number of hydrogen-bond acceptors (Lipinski definition) is 2. The fourth-order valence-electron chi connectivity index (χ4n) is 0.585. The molecule has 0 aliphatic heterocycles. The molecule has 10 heavy (non-hydrogen) atoms. The van der Waals surface area contributed by atoms with E-state index in [0.29, 0.717) is 4.32 Å². The molecule has 4 heteroatoms. The summed E-state index contributed by atoms with van der Waals surface area (Å²) < 4.78 is 0.590. The van der Waals surface area contributed by atoms with Crippen LogP contribution in [0.3, 0.4) is 0 Å². The normalized spacial score (nSPS) is 8.60. The Kier molecular flexibility index (Phi) is 12.7. The molecule has 62 valence electrons. The summed E-state index contributed by atoms with van der Waals surface area (Å²) in [4.78, 5) is 0. The van der Waals surface area contributed by atoms with Crippen LogP contribution in [-0.4, -0.2) is 10.9 Å². The second-order valence-corrected chi connectivity index (χ2v) is 3.13. The monoisotopic (exact) mass is 201 g/mol. The van der Waals surface area contributed by atoms with Crippen LogP contribution in [0.4, 0.5) is 0 Å². The van der Waals surface area contributed by atoms with Crippen molar-refractivity contribution in [1.82, 2.24) is 0 Å². The van der Waals surface area contributed by atoms with Crippen molar-refractivity contribution in [2.45, 2.75) is 25.7 Å². The average molecular weight is 202 g/mol. The summed E-state index contributed by atoms with van der Waals surface area (Å²) in [6.45, 7) is 0.773. The third-order valence-corrected chi connectivity index (χ3v) is 1.47. The van der Waals surface area contributed by atoms with Crippen LogP contribution in [-0.2, 0) is 0 Å². The second-order valence-electron chi connectivity index (χ2n) is 1.95. The number of nitrogens with two attached hydrogens (primary N) is 1. The van der Waals surface area contributed by atoms with E-state index in [1.807, 2.05) is 0 Å². The third-order valence-electron chi connectivity index (χ3n) is 1.08. The molecule has 0 fully saturated rings. The van der Waals surface area contributed by atoms with Gasteiger partial charge in [0.2, 0.25) is 0 Å². The Bertz CT molecular complexity index is 87.8.